The van der Waals surface area contributed by atoms with Crippen LogP contribution in [0.25, 0.3) is 22.2 Å². The summed E-state index contributed by atoms with van der Waals surface area (Å²) >= 11 is 0. The number of nitrogens with zero attached hydrogens (tertiary/aromatic N) is 3. The molecule has 1 aliphatic rings. The first-order valence-corrected chi connectivity index (χ1v) is 7.98. The minimum absolute atomic E-state index is 0.0744. The van der Waals surface area contributed by atoms with Gasteiger partial charge in [0.05, 0.1) is 16.6 Å². The number of hydrogen-bond donors (Lipinski definition) is 0. The molecule has 3 heterocycles. The Hall–Kier alpha value is -2.49. The third-order valence-corrected chi connectivity index (χ3v) is 4.61. The highest BCUT2D eigenvalue weighted by Gasteiger charge is 2.27. The molecule has 1 aliphatic heterocycles. The highest BCUT2D eigenvalue weighted by molar-refractivity contribution is 5.83. The molecule has 0 bridgehead atoms. The van der Waals surface area contributed by atoms with Gasteiger partial charge in [-0.1, -0.05) is 26.0 Å². The molecule has 0 saturated carbocycles. The second kappa shape index (κ2) is 5.01. The van der Waals surface area contributed by atoms with Gasteiger partial charge < -0.3 is 0 Å². The Balaban J connectivity index is 1.90. The Kier molecular flexibility index (Phi) is 3.08. The van der Waals surface area contributed by atoms with E-state index in [0.717, 1.165) is 42.0 Å². The summed E-state index contributed by atoms with van der Waals surface area (Å²) in [6.45, 7) is 5.15. The molecule has 3 aromatic rings. The van der Waals surface area contributed by atoms with Gasteiger partial charge in [-0.2, -0.15) is 0 Å². The van der Waals surface area contributed by atoms with Crippen molar-refractivity contribution in [2.75, 3.05) is 0 Å². The lowest BCUT2D eigenvalue weighted by molar-refractivity contribution is 0.240. The molecule has 23 heavy (non-hydrogen) atoms. The van der Waals surface area contributed by atoms with Crippen LogP contribution in [-0.2, 0) is 13.0 Å². The van der Waals surface area contributed by atoms with Gasteiger partial charge in [0, 0.05) is 24.7 Å². The van der Waals surface area contributed by atoms with E-state index in [0.29, 0.717) is 5.39 Å². The molecule has 0 aliphatic carbocycles. The largest absolute Gasteiger partial charge is 0.296 e. The van der Waals surface area contributed by atoms with Crippen molar-refractivity contribution in [1.29, 1.82) is 0 Å². The van der Waals surface area contributed by atoms with Crippen LogP contribution in [0.2, 0.25) is 0 Å². The zero-order valence-corrected chi connectivity index (χ0v) is 13.4. The lowest BCUT2D eigenvalue weighted by atomic mass is 9.85. The molecule has 0 saturated heterocycles. The topological polar surface area (TPSA) is 47.8 Å². The monoisotopic (exact) mass is 305 g/mol. The summed E-state index contributed by atoms with van der Waals surface area (Å²) in [6, 6.07) is 11.6. The van der Waals surface area contributed by atoms with E-state index >= 15 is 0 Å². The van der Waals surface area contributed by atoms with Crippen molar-refractivity contribution >= 4 is 10.9 Å². The predicted molar refractivity (Wildman–Crippen MR) is 91.3 cm³/mol. The van der Waals surface area contributed by atoms with Crippen molar-refractivity contribution in [2.45, 2.75) is 33.2 Å². The second-order valence-corrected chi connectivity index (χ2v) is 7.03. The standard InChI is InChI=1S/C19H19N3O/c1-19(2)9-8-17-21-16-11-13(15-5-3-4-10-20-15)6-7-14(16)18(23)22(17)12-19/h3-7,10-11H,8-9,12H2,1-2H3. The third kappa shape index (κ3) is 2.44. The quantitative estimate of drug-likeness (QED) is 0.692. The molecular formula is C19H19N3O. The van der Waals surface area contributed by atoms with E-state index in [9.17, 15) is 4.79 Å². The maximum absolute atomic E-state index is 12.8. The molecule has 4 rings (SSSR count). The lowest BCUT2D eigenvalue weighted by Gasteiger charge is -2.31. The van der Waals surface area contributed by atoms with Crippen molar-refractivity contribution in [3.05, 3.63) is 58.8 Å². The van der Waals surface area contributed by atoms with Crippen molar-refractivity contribution in [1.82, 2.24) is 14.5 Å². The van der Waals surface area contributed by atoms with Gasteiger partial charge in [-0.15, -0.1) is 0 Å². The van der Waals surface area contributed by atoms with Gasteiger partial charge in [-0.05, 0) is 36.1 Å². The molecule has 4 nitrogen and oxygen atoms in total. The van der Waals surface area contributed by atoms with E-state index in [1.807, 2.05) is 41.0 Å². The molecule has 4 heteroatoms. The first kappa shape index (κ1) is 14.1. The molecule has 2 aromatic heterocycles. The third-order valence-electron chi connectivity index (χ3n) is 4.61. The van der Waals surface area contributed by atoms with Crippen molar-refractivity contribution in [3.63, 3.8) is 0 Å². The van der Waals surface area contributed by atoms with Gasteiger partial charge in [0.15, 0.2) is 0 Å². The van der Waals surface area contributed by atoms with Crippen LogP contribution >= 0.6 is 0 Å². The van der Waals surface area contributed by atoms with E-state index < -0.39 is 0 Å². The fraction of sp³-hybridized carbons (Fsp3) is 0.316. The van der Waals surface area contributed by atoms with E-state index in [1.54, 1.807) is 6.20 Å². The number of hydrogen-bond acceptors (Lipinski definition) is 3. The number of aromatic nitrogens is 3. The smallest absolute Gasteiger partial charge is 0.261 e. The normalized spacial score (nSPS) is 16.3. The van der Waals surface area contributed by atoms with Crippen molar-refractivity contribution in [2.24, 2.45) is 5.41 Å². The molecular weight excluding hydrogens is 286 g/mol. The van der Waals surface area contributed by atoms with E-state index in [4.69, 9.17) is 4.98 Å². The second-order valence-electron chi connectivity index (χ2n) is 7.03. The van der Waals surface area contributed by atoms with E-state index in [1.165, 1.54) is 0 Å². The van der Waals surface area contributed by atoms with Crippen LogP contribution in [0.5, 0.6) is 0 Å². The minimum Gasteiger partial charge on any atom is -0.296 e. The van der Waals surface area contributed by atoms with Crippen LogP contribution in [0.3, 0.4) is 0 Å². The average Bonchev–Trinajstić information content (AvgIpc) is 2.56. The number of pyridine rings is 1. The SMILES string of the molecule is CC1(C)CCc2nc3cc(-c4ccccn4)ccc3c(=O)n2C1. The van der Waals surface area contributed by atoms with Crippen LogP contribution in [0, 0.1) is 5.41 Å². The Labute approximate surface area is 134 Å². The van der Waals surface area contributed by atoms with Crippen LogP contribution in [0.15, 0.2) is 47.4 Å². The maximum Gasteiger partial charge on any atom is 0.261 e. The Morgan fingerprint density at radius 3 is 2.83 bits per heavy atom. The van der Waals surface area contributed by atoms with E-state index in [2.05, 4.69) is 18.8 Å². The fourth-order valence-corrected chi connectivity index (χ4v) is 3.27. The molecule has 0 radical (unpaired) electrons. The number of benzene rings is 1. The molecule has 0 N–H and O–H groups in total. The number of rotatable bonds is 1. The van der Waals surface area contributed by atoms with Crippen molar-refractivity contribution in [3.8, 4) is 11.3 Å². The van der Waals surface area contributed by atoms with Gasteiger partial charge in [-0.3, -0.25) is 14.3 Å². The van der Waals surface area contributed by atoms with E-state index in [-0.39, 0.29) is 11.0 Å². The summed E-state index contributed by atoms with van der Waals surface area (Å²) in [5.41, 5.74) is 2.88. The Morgan fingerprint density at radius 2 is 2.04 bits per heavy atom. The van der Waals surface area contributed by atoms with Crippen LogP contribution in [0.1, 0.15) is 26.1 Å². The van der Waals surface area contributed by atoms with Gasteiger partial charge in [0.1, 0.15) is 5.82 Å². The molecule has 116 valence electrons. The number of aryl methyl sites for hydroxylation is 1. The first-order chi connectivity index (χ1) is 11.0. The zero-order chi connectivity index (χ0) is 16.0. The van der Waals surface area contributed by atoms with Gasteiger partial charge >= 0.3 is 0 Å². The maximum atomic E-state index is 12.8. The molecule has 1 aromatic carbocycles. The first-order valence-electron chi connectivity index (χ1n) is 7.98. The summed E-state index contributed by atoms with van der Waals surface area (Å²) < 4.78 is 1.85. The van der Waals surface area contributed by atoms with Crippen LogP contribution in [-0.4, -0.2) is 14.5 Å². The summed E-state index contributed by atoms with van der Waals surface area (Å²) in [5, 5.41) is 0.686. The molecule has 0 spiro atoms. The highest BCUT2D eigenvalue weighted by Crippen LogP contribution is 2.30. The molecule has 0 atom stereocenters. The minimum atomic E-state index is 0.0744. The van der Waals surface area contributed by atoms with Crippen LogP contribution in [0.4, 0.5) is 0 Å². The lowest BCUT2D eigenvalue weighted by Crippen LogP contribution is -2.36. The van der Waals surface area contributed by atoms with Crippen LogP contribution < -0.4 is 5.56 Å². The van der Waals surface area contributed by atoms with Gasteiger partial charge in [-0.25, -0.2) is 4.98 Å². The Bertz CT molecular complexity index is 942. The highest BCUT2D eigenvalue weighted by atomic mass is 16.1. The number of fused-ring (bicyclic) bond motifs is 2. The molecule has 0 unspecified atom stereocenters. The summed E-state index contributed by atoms with van der Waals surface area (Å²) in [6.07, 6.45) is 3.69. The summed E-state index contributed by atoms with van der Waals surface area (Å²) in [7, 11) is 0. The van der Waals surface area contributed by atoms with Crippen molar-refractivity contribution < 1.29 is 0 Å². The zero-order valence-electron chi connectivity index (χ0n) is 13.4. The predicted octanol–water partition coefficient (Wildman–Crippen LogP) is 3.43. The Morgan fingerprint density at radius 1 is 1.17 bits per heavy atom. The van der Waals surface area contributed by atoms with Gasteiger partial charge in [0.2, 0.25) is 0 Å². The fourth-order valence-electron chi connectivity index (χ4n) is 3.27. The average molecular weight is 305 g/mol. The molecule has 0 amide bonds. The van der Waals surface area contributed by atoms with Gasteiger partial charge in [0.25, 0.3) is 5.56 Å². The summed E-state index contributed by atoms with van der Waals surface area (Å²) in [4.78, 5) is 22.0. The summed E-state index contributed by atoms with van der Waals surface area (Å²) in [5.74, 6) is 0.903. The molecule has 0 fully saturated rings.